The number of aromatic nitrogens is 3. The molecule has 8 heteroatoms. The lowest BCUT2D eigenvalue weighted by molar-refractivity contribution is -0.113. The summed E-state index contributed by atoms with van der Waals surface area (Å²) in [5.41, 5.74) is 0.696. The number of nitrogens with one attached hydrogen (secondary N) is 1. The Bertz CT molecular complexity index is 890. The first-order chi connectivity index (χ1) is 12.7. The minimum atomic E-state index is -0.117. The highest BCUT2D eigenvalue weighted by molar-refractivity contribution is 7.99. The van der Waals surface area contributed by atoms with E-state index in [0.29, 0.717) is 23.1 Å². The Hall–Kier alpha value is -2.58. The molecule has 26 heavy (non-hydrogen) atoms. The van der Waals surface area contributed by atoms with Crippen molar-refractivity contribution in [2.45, 2.75) is 11.7 Å². The predicted octanol–water partition coefficient (Wildman–Crippen LogP) is 3.93. The third-order valence-electron chi connectivity index (χ3n) is 3.46. The van der Waals surface area contributed by atoms with Crippen LogP contribution in [0.3, 0.4) is 0 Å². The molecule has 134 valence electrons. The third-order valence-corrected chi connectivity index (χ3v) is 5.29. The summed E-state index contributed by atoms with van der Waals surface area (Å²) in [5.74, 6) is 1.60. The minimum absolute atomic E-state index is 0.117. The van der Waals surface area contributed by atoms with E-state index < -0.39 is 0 Å². The van der Waals surface area contributed by atoms with Gasteiger partial charge in [0.25, 0.3) is 0 Å². The number of amides is 1. The summed E-state index contributed by atoms with van der Waals surface area (Å²) in [6.07, 6.45) is 1.79. The maximum atomic E-state index is 12.2. The molecule has 0 bridgehead atoms. The van der Waals surface area contributed by atoms with Crippen molar-refractivity contribution in [3.05, 3.63) is 54.4 Å². The van der Waals surface area contributed by atoms with Crippen LogP contribution < -0.4 is 10.1 Å². The summed E-state index contributed by atoms with van der Waals surface area (Å²) in [6, 6.07) is 11.2. The number of thioether (sulfide) groups is 1. The first-order valence-corrected chi connectivity index (χ1v) is 9.72. The number of nitrogens with zero attached hydrogens (tertiary/aromatic N) is 3. The maximum absolute atomic E-state index is 12.2. The van der Waals surface area contributed by atoms with Crippen molar-refractivity contribution < 1.29 is 9.53 Å². The van der Waals surface area contributed by atoms with Gasteiger partial charge in [-0.1, -0.05) is 30.0 Å². The lowest BCUT2D eigenvalue weighted by atomic mass is 10.3. The number of thiophene rings is 1. The first kappa shape index (κ1) is 18.2. The van der Waals surface area contributed by atoms with Gasteiger partial charge in [-0.3, -0.25) is 9.36 Å². The molecule has 0 atom stereocenters. The van der Waals surface area contributed by atoms with Gasteiger partial charge in [0.1, 0.15) is 5.75 Å². The van der Waals surface area contributed by atoms with Gasteiger partial charge in [-0.2, -0.15) is 0 Å². The Morgan fingerprint density at radius 1 is 1.38 bits per heavy atom. The first-order valence-electron chi connectivity index (χ1n) is 7.86. The van der Waals surface area contributed by atoms with Gasteiger partial charge in [0, 0.05) is 18.3 Å². The Kier molecular flexibility index (Phi) is 6.08. The van der Waals surface area contributed by atoms with E-state index >= 15 is 0 Å². The van der Waals surface area contributed by atoms with E-state index in [1.807, 2.05) is 40.3 Å². The van der Waals surface area contributed by atoms with Gasteiger partial charge >= 0.3 is 0 Å². The number of allylic oxidation sites excluding steroid dienone is 1. The molecule has 0 saturated carbocycles. The highest BCUT2D eigenvalue weighted by atomic mass is 32.2. The monoisotopic (exact) mass is 386 g/mol. The number of benzene rings is 1. The van der Waals surface area contributed by atoms with Crippen molar-refractivity contribution in [3.8, 4) is 16.5 Å². The molecule has 0 unspecified atom stereocenters. The molecule has 0 saturated heterocycles. The highest BCUT2D eigenvalue weighted by Crippen LogP contribution is 2.27. The number of rotatable bonds is 8. The van der Waals surface area contributed by atoms with E-state index in [2.05, 4.69) is 22.1 Å². The number of hydrogen-bond acceptors (Lipinski definition) is 6. The molecular weight excluding hydrogens is 368 g/mol. The second-order valence-corrected chi connectivity index (χ2v) is 7.14. The van der Waals surface area contributed by atoms with E-state index in [9.17, 15) is 4.79 Å². The van der Waals surface area contributed by atoms with Crippen LogP contribution in [0, 0.1) is 0 Å². The highest BCUT2D eigenvalue weighted by Gasteiger charge is 2.15. The molecule has 0 radical (unpaired) electrons. The van der Waals surface area contributed by atoms with Crippen LogP contribution in [0.1, 0.15) is 0 Å². The van der Waals surface area contributed by atoms with Gasteiger partial charge in [-0.05, 0) is 23.6 Å². The molecule has 1 amide bonds. The predicted molar refractivity (Wildman–Crippen MR) is 106 cm³/mol. The molecule has 0 aliphatic carbocycles. The Balaban J connectivity index is 1.67. The molecule has 0 aliphatic heterocycles. The fraction of sp³-hybridized carbons (Fsp3) is 0.167. The molecule has 2 heterocycles. The van der Waals surface area contributed by atoms with Crippen LogP contribution in [-0.4, -0.2) is 33.5 Å². The van der Waals surface area contributed by atoms with Crippen LogP contribution in [0.25, 0.3) is 10.7 Å². The Morgan fingerprint density at radius 2 is 2.27 bits per heavy atom. The summed E-state index contributed by atoms with van der Waals surface area (Å²) in [6.45, 7) is 4.38. The summed E-state index contributed by atoms with van der Waals surface area (Å²) in [7, 11) is 1.59. The molecular formula is C18H18N4O2S2. The van der Waals surface area contributed by atoms with Gasteiger partial charge in [0.2, 0.25) is 5.91 Å². The standard InChI is InChI=1S/C18H18N4O2S2/c1-3-9-22-17(15-8-5-10-25-15)20-21-18(22)26-12-16(23)19-13-6-4-7-14(11-13)24-2/h3-8,10-11H,1,9,12H2,2H3,(H,19,23). The molecule has 2 aromatic heterocycles. The molecule has 6 nitrogen and oxygen atoms in total. The fourth-order valence-electron chi connectivity index (χ4n) is 2.31. The Morgan fingerprint density at radius 3 is 3.00 bits per heavy atom. The van der Waals surface area contributed by atoms with Gasteiger partial charge in [0.05, 0.1) is 17.7 Å². The van der Waals surface area contributed by atoms with E-state index in [0.717, 1.165) is 10.7 Å². The van der Waals surface area contributed by atoms with Gasteiger partial charge in [-0.25, -0.2) is 0 Å². The topological polar surface area (TPSA) is 69.0 Å². The quantitative estimate of drug-likeness (QED) is 0.469. The SMILES string of the molecule is C=CCn1c(SCC(=O)Nc2cccc(OC)c2)nnc1-c1cccs1. The average Bonchev–Trinajstić information content (AvgIpc) is 3.30. The normalized spacial score (nSPS) is 10.5. The van der Waals surface area contributed by atoms with Crippen molar-refractivity contribution in [3.63, 3.8) is 0 Å². The fourth-order valence-corrected chi connectivity index (χ4v) is 3.77. The average molecular weight is 387 g/mol. The largest absolute Gasteiger partial charge is 0.497 e. The molecule has 0 spiro atoms. The van der Waals surface area contributed by atoms with Crippen LogP contribution in [-0.2, 0) is 11.3 Å². The lowest BCUT2D eigenvalue weighted by Crippen LogP contribution is -2.14. The van der Waals surface area contributed by atoms with E-state index in [1.165, 1.54) is 11.8 Å². The minimum Gasteiger partial charge on any atom is -0.497 e. The molecule has 3 aromatic rings. The number of hydrogen-bond donors (Lipinski definition) is 1. The zero-order chi connectivity index (χ0) is 18.4. The van der Waals surface area contributed by atoms with Gasteiger partial charge in [0.15, 0.2) is 11.0 Å². The van der Waals surface area contributed by atoms with Crippen LogP contribution in [0.2, 0.25) is 0 Å². The summed E-state index contributed by atoms with van der Waals surface area (Å²) < 4.78 is 7.12. The summed E-state index contributed by atoms with van der Waals surface area (Å²) in [4.78, 5) is 13.3. The molecule has 0 fully saturated rings. The smallest absolute Gasteiger partial charge is 0.234 e. The summed E-state index contributed by atoms with van der Waals surface area (Å²) >= 11 is 2.95. The maximum Gasteiger partial charge on any atom is 0.234 e. The van der Waals surface area contributed by atoms with Crippen LogP contribution in [0.5, 0.6) is 5.75 Å². The van der Waals surface area contributed by atoms with Crippen molar-refractivity contribution in [2.75, 3.05) is 18.2 Å². The van der Waals surface area contributed by atoms with E-state index in [4.69, 9.17) is 4.74 Å². The molecule has 3 rings (SSSR count). The molecule has 1 aromatic carbocycles. The third kappa shape index (κ3) is 4.33. The number of methoxy groups -OCH3 is 1. The van der Waals surface area contributed by atoms with E-state index in [1.54, 1.807) is 30.6 Å². The van der Waals surface area contributed by atoms with Crippen LogP contribution >= 0.6 is 23.1 Å². The van der Waals surface area contributed by atoms with Crippen LogP contribution in [0.15, 0.2) is 59.6 Å². The van der Waals surface area contributed by atoms with Crippen molar-refractivity contribution in [1.29, 1.82) is 0 Å². The lowest BCUT2D eigenvalue weighted by Gasteiger charge is -2.08. The number of ether oxygens (including phenoxy) is 1. The van der Waals surface area contributed by atoms with E-state index in [-0.39, 0.29) is 11.7 Å². The second-order valence-electron chi connectivity index (χ2n) is 5.25. The second kappa shape index (κ2) is 8.68. The van der Waals surface area contributed by atoms with Crippen molar-refractivity contribution in [2.24, 2.45) is 0 Å². The molecule has 1 N–H and O–H groups in total. The zero-order valence-corrected chi connectivity index (χ0v) is 15.8. The molecule has 0 aliphatic rings. The van der Waals surface area contributed by atoms with Gasteiger partial charge in [-0.15, -0.1) is 28.1 Å². The van der Waals surface area contributed by atoms with Crippen molar-refractivity contribution in [1.82, 2.24) is 14.8 Å². The summed E-state index contributed by atoms with van der Waals surface area (Å²) in [5, 5.41) is 14.0. The number of carbonyl (C=O) groups excluding carboxylic acids is 1. The number of carbonyl (C=O) groups is 1. The Labute approximate surface area is 159 Å². The van der Waals surface area contributed by atoms with Crippen LogP contribution in [0.4, 0.5) is 5.69 Å². The van der Waals surface area contributed by atoms with Gasteiger partial charge < -0.3 is 10.1 Å². The van der Waals surface area contributed by atoms with Crippen molar-refractivity contribution >= 4 is 34.7 Å². The number of anilines is 1. The zero-order valence-electron chi connectivity index (χ0n) is 14.2.